The minimum atomic E-state index is -0.767. The molecule has 0 atom stereocenters. The van der Waals surface area contributed by atoms with E-state index in [4.69, 9.17) is 16.7 Å². The third-order valence-electron chi connectivity index (χ3n) is 4.33. The number of halogens is 1. The van der Waals surface area contributed by atoms with Gasteiger partial charge >= 0.3 is 5.97 Å². The lowest BCUT2D eigenvalue weighted by Crippen LogP contribution is -2.38. The quantitative estimate of drug-likeness (QED) is 0.918. The largest absolute Gasteiger partial charge is 0.481 e. The fourth-order valence-corrected chi connectivity index (χ4v) is 3.18. The molecule has 0 amide bonds. The molecule has 1 aromatic heterocycles. The molecular formula is C17H18ClN3O3. The number of rotatable bonds is 4. The van der Waals surface area contributed by atoms with Crippen LogP contribution in [0.4, 0.5) is 5.69 Å². The SMILES string of the molecule is O=C(O)C1CCN(c2cnn(Cc3ccccc3)c(=O)c2Cl)CC1. The summed E-state index contributed by atoms with van der Waals surface area (Å²) >= 11 is 6.27. The van der Waals surface area contributed by atoms with E-state index in [1.54, 1.807) is 6.20 Å². The van der Waals surface area contributed by atoms with Crippen molar-refractivity contribution < 1.29 is 9.90 Å². The van der Waals surface area contributed by atoms with Crippen LogP contribution in [0.1, 0.15) is 18.4 Å². The van der Waals surface area contributed by atoms with Gasteiger partial charge in [0.25, 0.3) is 5.56 Å². The van der Waals surface area contributed by atoms with Gasteiger partial charge in [-0.25, -0.2) is 4.68 Å². The molecule has 0 unspecified atom stereocenters. The van der Waals surface area contributed by atoms with Crippen LogP contribution >= 0.6 is 11.6 Å². The molecule has 0 bridgehead atoms. The van der Waals surface area contributed by atoms with E-state index in [1.165, 1.54) is 4.68 Å². The Balaban J connectivity index is 1.78. The zero-order valence-electron chi connectivity index (χ0n) is 13.1. The highest BCUT2D eigenvalue weighted by molar-refractivity contribution is 6.33. The topological polar surface area (TPSA) is 75.4 Å². The fourth-order valence-electron chi connectivity index (χ4n) is 2.91. The highest BCUT2D eigenvalue weighted by Crippen LogP contribution is 2.26. The van der Waals surface area contributed by atoms with Gasteiger partial charge in [-0.15, -0.1) is 0 Å². The first-order chi connectivity index (χ1) is 11.6. The summed E-state index contributed by atoms with van der Waals surface area (Å²) in [7, 11) is 0. The third kappa shape index (κ3) is 3.43. The number of anilines is 1. The Hall–Kier alpha value is -2.34. The maximum absolute atomic E-state index is 12.5. The number of aliphatic carboxylic acids is 1. The molecule has 1 saturated heterocycles. The first-order valence-corrected chi connectivity index (χ1v) is 8.21. The predicted octanol–water partition coefficient (Wildman–Crippen LogP) is 2.25. The number of carbonyl (C=O) groups is 1. The van der Waals surface area contributed by atoms with Gasteiger partial charge in [0.05, 0.1) is 24.3 Å². The van der Waals surface area contributed by atoms with E-state index in [0.717, 1.165) is 5.56 Å². The van der Waals surface area contributed by atoms with Crippen LogP contribution in [0.2, 0.25) is 5.02 Å². The van der Waals surface area contributed by atoms with Crippen molar-refractivity contribution in [2.45, 2.75) is 19.4 Å². The van der Waals surface area contributed by atoms with Gasteiger partial charge in [-0.2, -0.15) is 5.10 Å². The van der Waals surface area contributed by atoms with Crippen LogP contribution in [0.15, 0.2) is 41.3 Å². The Morgan fingerprint density at radius 2 is 1.92 bits per heavy atom. The molecule has 7 heteroatoms. The van der Waals surface area contributed by atoms with Crippen LogP contribution < -0.4 is 10.5 Å². The Labute approximate surface area is 144 Å². The van der Waals surface area contributed by atoms with E-state index in [0.29, 0.717) is 38.2 Å². The van der Waals surface area contributed by atoms with E-state index in [-0.39, 0.29) is 16.5 Å². The van der Waals surface area contributed by atoms with Crippen molar-refractivity contribution in [1.82, 2.24) is 9.78 Å². The summed E-state index contributed by atoms with van der Waals surface area (Å²) in [6, 6.07) is 9.57. The smallest absolute Gasteiger partial charge is 0.306 e. The number of hydrogen-bond donors (Lipinski definition) is 1. The zero-order valence-corrected chi connectivity index (χ0v) is 13.8. The molecule has 1 aliphatic heterocycles. The Morgan fingerprint density at radius 1 is 1.25 bits per heavy atom. The van der Waals surface area contributed by atoms with Crippen LogP contribution in [-0.4, -0.2) is 33.9 Å². The molecule has 3 rings (SSSR count). The number of aromatic nitrogens is 2. The highest BCUT2D eigenvalue weighted by atomic mass is 35.5. The van der Waals surface area contributed by atoms with E-state index in [1.807, 2.05) is 35.2 Å². The summed E-state index contributed by atoms with van der Waals surface area (Å²) in [5, 5.41) is 13.4. The van der Waals surface area contributed by atoms with Crippen molar-refractivity contribution in [1.29, 1.82) is 0 Å². The van der Waals surface area contributed by atoms with E-state index >= 15 is 0 Å². The number of nitrogens with zero attached hydrogens (tertiary/aromatic N) is 3. The maximum Gasteiger partial charge on any atom is 0.306 e. The molecule has 6 nitrogen and oxygen atoms in total. The molecule has 1 fully saturated rings. The van der Waals surface area contributed by atoms with Gasteiger partial charge in [-0.05, 0) is 18.4 Å². The summed E-state index contributed by atoms with van der Waals surface area (Å²) in [4.78, 5) is 25.4. The second kappa shape index (κ2) is 7.05. The van der Waals surface area contributed by atoms with Gasteiger partial charge in [0, 0.05) is 13.1 Å². The van der Waals surface area contributed by atoms with Gasteiger partial charge < -0.3 is 10.0 Å². The maximum atomic E-state index is 12.5. The highest BCUT2D eigenvalue weighted by Gasteiger charge is 2.26. The van der Waals surface area contributed by atoms with E-state index < -0.39 is 5.97 Å². The monoisotopic (exact) mass is 347 g/mol. The van der Waals surface area contributed by atoms with Crippen LogP contribution in [-0.2, 0) is 11.3 Å². The van der Waals surface area contributed by atoms with Crippen molar-refractivity contribution in [3.05, 3.63) is 57.5 Å². The van der Waals surface area contributed by atoms with E-state index in [9.17, 15) is 9.59 Å². The Kier molecular flexibility index (Phi) is 4.85. The second-order valence-electron chi connectivity index (χ2n) is 5.89. The zero-order chi connectivity index (χ0) is 17.1. The molecule has 0 spiro atoms. The average Bonchev–Trinajstić information content (AvgIpc) is 2.60. The summed E-state index contributed by atoms with van der Waals surface area (Å²) in [5.74, 6) is -1.09. The van der Waals surface area contributed by atoms with Gasteiger partial charge in [0.2, 0.25) is 0 Å². The minimum absolute atomic E-state index is 0.134. The Morgan fingerprint density at radius 3 is 2.54 bits per heavy atom. The van der Waals surface area contributed by atoms with Gasteiger partial charge in [-0.1, -0.05) is 41.9 Å². The molecular weight excluding hydrogens is 330 g/mol. The van der Waals surface area contributed by atoms with Crippen molar-refractivity contribution in [3.8, 4) is 0 Å². The molecule has 126 valence electrons. The molecule has 1 aromatic carbocycles. The van der Waals surface area contributed by atoms with Gasteiger partial charge in [0.1, 0.15) is 5.02 Å². The number of benzene rings is 1. The molecule has 0 saturated carbocycles. The normalized spacial score (nSPS) is 15.5. The summed E-state index contributed by atoms with van der Waals surface area (Å²) < 4.78 is 1.34. The molecule has 2 heterocycles. The van der Waals surface area contributed by atoms with Crippen LogP contribution in [0.3, 0.4) is 0 Å². The van der Waals surface area contributed by atoms with Crippen molar-refractivity contribution in [2.24, 2.45) is 5.92 Å². The van der Waals surface area contributed by atoms with Crippen LogP contribution in [0, 0.1) is 5.92 Å². The predicted molar refractivity (Wildman–Crippen MR) is 91.6 cm³/mol. The lowest BCUT2D eigenvalue weighted by molar-refractivity contribution is -0.142. The molecule has 24 heavy (non-hydrogen) atoms. The summed E-state index contributed by atoms with van der Waals surface area (Å²) in [6.07, 6.45) is 2.67. The molecule has 0 radical (unpaired) electrons. The average molecular weight is 348 g/mol. The Bertz CT molecular complexity index is 783. The van der Waals surface area contributed by atoms with E-state index in [2.05, 4.69) is 5.10 Å². The van der Waals surface area contributed by atoms with Crippen LogP contribution in [0.5, 0.6) is 0 Å². The molecule has 2 aromatic rings. The lowest BCUT2D eigenvalue weighted by atomic mass is 9.97. The number of carboxylic acids is 1. The minimum Gasteiger partial charge on any atom is -0.481 e. The third-order valence-corrected chi connectivity index (χ3v) is 4.68. The van der Waals surface area contributed by atoms with Crippen molar-refractivity contribution >= 4 is 23.3 Å². The molecule has 1 aliphatic rings. The number of hydrogen-bond acceptors (Lipinski definition) is 4. The number of carboxylic acid groups (broad SMARTS) is 1. The standard InChI is InChI=1S/C17H18ClN3O3/c18-15-14(20-8-6-13(7-9-20)17(23)24)10-19-21(16(15)22)11-12-4-2-1-3-5-12/h1-5,10,13H,6-9,11H2,(H,23,24). The first-order valence-electron chi connectivity index (χ1n) is 7.83. The lowest BCUT2D eigenvalue weighted by Gasteiger charge is -2.32. The summed E-state index contributed by atoms with van der Waals surface area (Å²) in [5.41, 5.74) is 1.21. The van der Waals surface area contributed by atoms with Crippen LogP contribution in [0.25, 0.3) is 0 Å². The number of piperidine rings is 1. The van der Waals surface area contributed by atoms with Crippen molar-refractivity contribution in [3.63, 3.8) is 0 Å². The fraction of sp³-hybridized carbons (Fsp3) is 0.353. The molecule has 1 N–H and O–H groups in total. The first kappa shape index (κ1) is 16.5. The summed E-state index contributed by atoms with van der Waals surface area (Å²) in [6.45, 7) is 1.47. The second-order valence-corrected chi connectivity index (χ2v) is 6.27. The molecule has 0 aliphatic carbocycles. The van der Waals surface area contributed by atoms with Gasteiger partial charge in [0.15, 0.2) is 0 Å². The van der Waals surface area contributed by atoms with Gasteiger partial charge in [-0.3, -0.25) is 9.59 Å². The van der Waals surface area contributed by atoms with Crippen molar-refractivity contribution in [2.75, 3.05) is 18.0 Å².